The molecule has 0 unspecified atom stereocenters. The van der Waals surface area contributed by atoms with Gasteiger partial charge in [-0.15, -0.1) is 12.4 Å². The van der Waals surface area contributed by atoms with Gasteiger partial charge in [0, 0.05) is 43.3 Å². The number of halogens is 1. The summed E-state index contributed by atoms with van der Waals surface area (Å²) in [6.45, 7) is 5.28. The topological polar surface area (TPSA) is 52.8 Å². The number of aryl methyl sites for hydroxylation is 1. The lowest BCUT2D eigenvalue weighted by Gasteiger charge is -2.45. The molecular formula is C35H47ClN4O2. The highest BCUT2D eigenvalue weighted by Crippen LogP contribution is 2.40. The molecular weight excluding hydrogens is 544 g/mol. The summed E-state index contributed by atoms with van der Waals surface area (Å²) in [6, 6.07) is 21.3. The number of benzene rings is 2. The Morgan fingerprint density at radius 2 is 1.45 bits per heavy atom. The monoisotopic (exact) mass is 590 g/mol. The van der Waals surface area contributed by atoms with E-state index in [0.29, 0.717) is 31.6 Å². The number of piperidine rings is 1. The van der Waals surface area contributed by atoms with E-state index in [-0.39, 0.29) is 18.3 Å². The van der Waals surface area contributed by atoms with Crippen LogP contribution in [0, 0.1) is 6.92 Å². The van der Waals surface area contributed by atoms with Crippen LogP contribution in [0.25, 0.3) is 11.5 Å². The van der Waals surface area contributed by atoms with Crippen LogP contribution in [0.4, 0.5) is 5.69 Å². The van der Waals surface area contributed by atoms with Gasteiger partial charge in [-0.25, -0.2) is 4.98 Å². The van der Waals surface area contributed by atoms with Gasteiger partial charge in [-0.05, 0) is 56.9 Å². The van der Waals surface area contributed by atoms with Crippen LogP contribution in [0.1, 0.15) is 82.1 Å². The normalized spacial score (nSPS) is 20.5. The molecule has 3 heterocycles. The summed E-state index contributed by atoms with van der Waals surface area (Å²) in [6.07, 6.45) is 14.8. The van der Waals surface area contributed by atoms with Crippen molar-refractivity contribution in [2.45, 2.75) is 95.6 Å². The molecule has 1 amide bonds. The first-order valence-electron chi connectivity index (χ1n) is 16.0. The molecule has 6 nitrogen and oxygen atoms in total. The molecule has 0 atom stereocenters. The number of hydrogen-bond acceptors (Lipinski definition) is 5. The zero-order chi connectivity index (χ0) is 28.1. The second-order valence-electron chi connectivity index (χ2n) is 12.4. The third-order valence-corrected chi connectivity index (χ3v) is 9.83. The molecule has 42 heavy (non-hydrogen) atoms. The Balaban J connectivity index is 0.00000353. The van der Waals surface area contributed by atoms with E-state index in [0.717, 1.165) is 48.6 Å². The van der Waals surface area contributed by atoms with Crippen molar-refractivity contribution >= 4 is 24.0 Å². The molecule has 0 bridgehead atoms. The van der Waals surface area contributed by atoms with Gasteiger partial charge >= 0.3 is 0 Å². The van der Waals surface area contributed by atoms with Crippen molar-refractivity contribution in [3.05, 3.63) is 72.1 Å². The molecule has 1 saturated carbocycles. The summed E-state index contributed by atoms with van der Waals surface area (Å²) < 4.78 is 6.01. The van der Waals surface area contributed by atoms with E-state index in [4.69, 9.17) is 9.40 Å². The first-order chi connectivity index (χ1) is 20.1. The lowest BCUT2D eigenvalue weighted by molar-refractivity contribution is -0.133. The van der Waals surface area contributed by atoms with E-state index in [1.54, 1.807) is 0 Å². The van der Waals surface area contributed by atoms with Gasteiger partial charge in [0.25, 0.3) is 0 Å². The molecule has 1 aromatic heterocycles. The van der Waals surface area contributed by atoms with Crippen molar-refractivity contribution in [1.29, 1.82) is 0 Å². The molecule has 3 fully saturated rings. The molecule has 7 heteroatoms. The number of hydrogen-bond donors (Lipinski definition) is 0. The minimum atomic E-state index is -0.456. The molecule has 6 rings (SSSR count). The van der Waals surface area contributed by atoms with E-state index in [2.05, 4.69) is 45.0 Å². The maximum absolute atomic E-state index is 14.3. The highest BCUT2D eigenvalue weighted by molar-refractivity contribution is 5.93. The number of carbonyl (C=O) groups is 1. The molecule has 3 aliphatic rings. The van der Waals surface area contributed by atoms with Gasteiger partial charge in [0.1, 0.15) is 11.3 Å². The Morgan fingerprint density at radius 3 is 2.10 bits per heavy atom. The standard InChI is InChI=1S/C35H46N4O2.ClH/c1-28-32(36-33(41-28)29-15-9-7-10-16-29)21-24-38-27-39(31-19-13-8-14-20-31)35(34(38)40)22-25-37(26-23-35)30-17-11-5-3-2-4-6-12-18-30;/h7-10,13-16,19-20,30H,2-6,11-12,17-18,21-27H2,1H3;1H. The summed E-state index contributed by atoms with van der Waals surface area (Å²) in [5.41, 5.74) is 2.62. The smallest absolute Gasteiger partial charge is 0.250 e. The fraction of sp³-hybridized carbons (Fsp3) is 0.543. The Kier molecular flexibility index (Phi) is 10.3. The average Bonchev–Trinajstić information content (AvgIpc) is 3.52. The van der Waals surface area contributed by atoms with Crippen LogP contribution in [-0.2, 0) is 11.2 Å². The van der Waals surface area contributed by atoms with Crippen LogP contribution in [0.5, 0.6) is 0 Å². The number of para-hydroxylation sites is 1. The van der Waals surface area contributed by atoms with Gasteiger partial charge in [-0.2, -0.15) is 0 Å². The second kappa shape index (κ2) is 14.1. The molecule has 226 valence electrons. The van der Waals surface area contributed by atoms with E-state index in [9.17, 15) is 4.79 Å². The lowest BCUT2D eigenvalue weighted by atomic mass is 9.84. The molecule has 0 radical (unpaired) electrons. The van der Waals surface area contributed by atoms with E-state index in [1.807, 2.05) is 37.3 Å². The van der Waals surface area contributed by atoms with Gasteiger partial charge < -0.3 is 19.1 Å². The molecule has 3 aromatic rings. The second-order valence-corrected chi connectivity index (χ2v) is 12.4. The minimum absolute atomic E-state index is 0. The summed E-state index contributed by atoms with van der Waals surface area (Å²) in [4.78, 5) is 26.3. The van der Waals surface area contributed by atoms with Crippen LogP contribution < -0.4 is 4.90 Å². The largest absolute Gasteiger partial charge is 0.441 e. The van der Waals surface area contributed by atoms with E-state index >= 15 is 0 Å². The first-order valence-corrected chi connectivity index (χ1v) is 16.0. The Bertz CT molecular complexity index is 1260. The van der Waals surface area contributed by atoms with Crippen molar-refractivity contribution in [3.63, 3.8) is 0 Å². The van der Waals surface area contributed by atoms with Crippen LogP contribution in [-0.4, -0.2) is 58.6 Å². The fourth-order valence-electron chi connectivity index (χ4n) is 7.39. The third-order valence-electron chi connectivity index (χ3n) is 9.83. The van der Waals surface area contributed by atoms with Crippen LogP contribution >= 0.6 is 12.4 Å². The van der Waals surface area contributed by atoms with E-state index < -0.39 is 5.54 Å². The number of amides is 1. The van der Waals surface area contributed by atoms with Crippen LogP contribution in [0.2, 0.25) is 0 Å². The quantitative estimate of drug-likeness (QED) is 0.295. The summed E-state index contributed by atoms with van der Waals surface area (Å²) in [7, 11) is 0. The van der Waals surface area contributed by atoms with Gasteiger partial charge in [0.2, 0.25) is 11.8 Å². The fourth-order valence-corrected chi connectivity index (χ4v) is 7.39. The highest BCUT2D eigenvalue weighted by Gasteiger charge is 2.53. The third kappa shape index (κ3) is 6.55. The zero-order valence-electron chi connectivity index (χ0n) is 25.2. The maximum atomic E-state index is 14.3. The van der Waals surface area contributed by atoms with Crippen molar-refractivity contribution in [2.24, 2.45) is 0 Å². The predicted molar refractivity (Wildman–Crippen MR) is 172 cm³/mol. The number of likely N-dealkylation sites (tertiary alicyclic amines) is 1. The number of nitrogens with zero attached hydrogens (tertiary/aromatic N) is 4. The number of carbonyl (C=O) groups excluding carboxylic acids is 1. The Hall–Kier alpha value is -2.83. The van der Waals surface area contributed by atoms with Crippen molar-refractivity contribution in [1.82, 2.24) is 14.8 Å². The number of anilines is 1. The number of aromatic nitrogens is 1. The molecule has 1 spiro atoms. The molecule has 2 saturated heterocycles. The van der Waals surface area contributed by atoms with E-state index in [1.165, 1.54) is 57.8 Å². The number of rotatable bonds is 6. The summed E-state index contributed by atoms with van der Waals surface area (Å²) in [5.74, 6) is 1.78. The number of oxazole rings is 1. The maximum Gasteiger partial charge on any atom is 0.250 e. The van der Waals surface area contributed by atoms with Crippen LogP contribution in [0.15, 0.2) is 65.1 Å². The predicted octanol–water partition coefficient (Wildman–Crippen LogP) is 7.65. The molecule has 2 aromatic carbocycles. The lowest BCUT2D eigenvalue weighted by Crippen LogP contribution is -2.58. The first kappa shape index (κ1) is 30.6. The van der Waals surface area contributed by atoms with Gasteiger partial charge in [0.05, 0.1) is 12.4 Å². The molecule has 0 N–H and O–H groups in total. The molecule has 1 aliphatic carbocycles. The molecule has 2 aliphatic heterocycles. The summed E-state index contributed by atoms with van der Waals surface area (Å²) in [5, 5.41) is 0. The highest BCUT2D eigenvalue weighted by atomic mass is 35.5. The summed E-state index contributed by atoms with van der Waals surface area (Å²) >= 11 is 0. The van der Waals surface area contributed by atoms with Gasteiger partial charge in [-0.3, -0.25) is 4.79 Å². The minimum Gasteiger partial charge on any atom is -0.441 e. The SMILES string of the molecule is Cc1oc(-c2ccccc2)nc1CCN1CN(c2ccccc2)C2(CCN(C3CCCCCCCCC3)CC2)C1=O.Cl. The Morgan fingerprint density at radius 1 is 0.857 bits per heavy atom. The Labute approximate surface area is 257 Å². The zero-order valence-corrected chi connectivity index (χ0v) is 26.0. The van der Waals surface area contributed by atoms with Gasteiger partial charge in [0.15, 0.2) is 0 Å². The average molecular weight is 591 g/mol. The van der Waals surface area contributed by atoms with Crippen molar-refractivity contribution in [2.75, 3.05) is 31.2 Å². The van der Waals surface area contributed by atoms with Crippen LogP contribution in [0.3, 0.4) is 0 Å². The van der Waals surface area contributed by atoms with Crippen molar-refractivity contribution in [3.8, 4) is 11.5 Å². The van der Waals surface area contributed by atoms with Crippen molar-refractivity contribution < 1.29 is 9.21 Å². The van der Waals surface area contributed by atoms with Gasteiger partial charge in [-0.1, -0.05) is 81.3 Å².